The molecule has 2 aliphatic heterocycles. The molecule has 0 aromatic heterocycles. The van der Waals surface area contributed by atoms with Crippen LogP contribution in [0.3, 0.4) is 0 Å². The molecule has 2 atom stereocenters. The number of hydrogen-bond donors (Lipinski definition) is 6. The first-order valence-electron chi connectivity index (χ1n) is 21.1. The molecule has 2 aromatic rings. The van der Waals surface area contributed by atoms with Crippen molar-refractivity contribution in [3.63, 3.8) is 0 Å². The zero-order chi connectivity index (χ0) is 44.7. The molecule has 2 unspecified atom stereocenters. The minimum Gasteiger partial charge on any atom is -0.444 e. The van der Waals surface area contributed by atoms with Crippen molar-refractivity contribution >= 4 is 29.8 Å². The summed E-state index contributed by atoms with van der Waals surface area (Å²) in [5.74, 6) is -4.09. The molecular formula is C45H62N6O10. The molecule has 0 saturated heterocycles. The van der Waals surface area contributed by atoms with Crippen molar-refractivity contribution < 1.29 is 49.0 Å². The number of carbonyl (C=O) groups is 3. The largest absolute Gasteiger partial charge is 0.444 e. The third-order valence-corrected chi connectivity index (χ3v) is 14.2. The first kappa shape index (κ1) is 44.6. The molecule has 16 nitrogen and oxygen atoms in total. The summed E-state index contributed by atoms with van der Waals surface area (Å²) < 4.78 is 16.5. The SMILES string of the molecule is COC1CCC2(CC1)Cc1ccc(C(C)(O)O)cc1C21N=C(N)N(C)C1=O.COC1CCC2(CC1)Cc1ccc(C(C)(O)O)cc1C21N=C(NC(=O)OC(C)(C)C)N(C)C1=O. The number of carbonyl (C=O) groups excluding carboxylic acids is 3. The van der Waals surface area contributed by atoms with Crippen LogP contribution in [0.4, 0.5) is 4.79 Å². The summed E-state index contributed by atoms with van der Waals surface area (Å²) in [6.45, 7) is 7.89. The van der Waals surface area contributed by atoms with Gasteiger partial charge in [-0.05, 0) is 133 Å². The van der Waals surface area contributed by atoms with E-state index in [-0.39, 0.29) is 46.9 Å². The molecule has 0 radical (unpaired) electrons. The van der Waals surface area contributed by atoms with Crippen LogP contribution < -0.4 is 11.1 Å². The number of aliphatic hydroxyl groups is 4. The van der Waals surface area contributed by atoms with Gasteiger partial charge < -0.3 is 40.4 Å². The zero-order valence-corrected chi connectivity index (χ0v) is 36.8. The molecule has 332 valence electrons. The number of amides is 3. The fourth-order valence-electron chi connectivity index (χ4n) is 10.9. The first-order valence-corrected chi connectivity index (χ1v) is 21.1. The van der Waals surface area contributed by atoms with Crippen LogP contribution >= 0.6 is 0 Å². The molecule has 2 aromatic carbocycles. The molecule has 4 aliphatic carbocycles. The van der Waals surface area contributed by atoms with Gasteiger partial charge in [-0.1, -0.05) is 24.3 Å². The van der Waals surface area contributed by atoms with Crippen molar-refractivity contribution in [3.8, 4) is 0 Å². The van der Waals surface area contributed by atoms with Crippen LogP contribution in [0.25, 0.3) is 0 Å². The number of rotatable bonds is 4. The van der Waals surface area contributed by atoms with E-state index in [1.54, 1.807) is 73.4 Å². The highest BCUT2D eigenvalue weighted by Gasteiger charge is 2.68. The van der Waals surface area contributed by atoms with Gasteiger partial charge in [0, 0.05) is 50.3 Å². The smallest absolute Gasteiger partial charge is 0.414 e. The lowest BCUT2D eigenvalue weighted by molar-refractivity contribution is -0.153. The van der Waals surface area contributed by atoms with E-state index in [1.165, 1.54) is 23.6 Å². The number of aliphatic imine (C=N–C) groups is 2. The molecule has 16 heteroatoms. The minimum atomic E-state index is -2.06. The Labute approximate surface area is 357 Å². The Morgan fingerprint density at radius 3 is 1.49 bits per heavy atom. The van der Waals surface area contributed by atoms with Crippen molar-refractivity contribution in [2.24, 2.45) is 26.5 Å². The molecule has 61 heavy (non-hydrogen) atoms. The number of guanidine groups is 2. The standard InChI is InChI=1S/C25H35N3O6.C20H27N3O4/c1-22(2,3)34-21(30)26-20-27-25(19(29)28(20)5)18-13-16(23(4,31)32)8-7-15(18)14-24(25)11-9-17(33-6)10-12-24;1-18(25,26)13-5-4-12-11-19(8-6-14(27-3)7-9-19)20(15(12)10-13)16(24)23(2)17(21)22-20/h7-8,13,17,31-32H,9-12,14H2,1-6H3,(H,26,27,30);4-5,10,14,25-26H,6-9,11H2,1-3H3,(H2,21,22). The third-order valence-electron chi connectivity index (χ3n) is 14.2. The quantitative estimate of drug-likeness (QED) is 0.244. The van der Waals surface area contributed by atoms with E-state index >= 15 is 0 Å². The van der Waals surface area contributed by atoms with Crippen LogP contribution in [0.15, 0.2) is 46.4 Å². The number of fused-ring (bicyclic) bond motifs is 6. The number of nitrogens with two attached hydrogens (primary N) is 1. The van der Waals surface area contributed by atoms with Gasteiger partial charge in [0.1, 0.15) is 5.60 Å². The summed E-state index contributed by atoms with van der Waals surface area (Å²) in [5, 5.41) is 43.3. The van der Waals surface area contributed by atoms with Gasteiger partial charge in [-0.25, -0.2) is 14.8 Å². The Morgan fingerprint density at radius 2 is 1.13 bits per heavy atom. The summed E-state index contributed by atoms with van der Waals surface area (Å²) in [6, 6.07) is 10.5. The van der Waals surface area contributed by atoms with Gasteiger partial charge in [0.05, 0.1) is 12.2 Å². The van der Waals surface area contributed by atoms with E-state index in [2.05, 4.69) is 5.32 Å². The molecule has 4 spiro atoms. The van der Waals surface area contributed by atoms with Crippen molar-refractivity contribution in [2.75, 3.05) is 28.3 Å². The highest BCUT2D eigenvalue weighted by atomic mass is 16.6. The fourth-order valence-corrected chi connectivity index (χ4v) is 10.9. The summed E-state index contributed by atoms with van der Waals surface area (Å²) in [4.78, 5) is 52.4. The number of ether oxygens (including phenoxy) is 3. The monoisotopic (exact) mass is 846 g/mol. The summed E-state index contributed by atoms with van der Waals surface area (Å²) in [7, 11) is 6.66. The van der Waals surface area contributed by atoms with E-state index in [0.717, 1.165) is 61.6 Å². The average molecular weight is 847 g/mol. The normalized spacial score (nSPS) is 30.8. The van der Waals surface area contributed by atoms with Crippen LogP contribution in [0.2, 0.25) is 0 Å². The molecule has 0 bridgehead atoms. The van der Waals surface area contributed by atoms with Crippen molar-refractivity contribution in [2.45, 2.75) is 139 Å². The first-order chi connectivity index (χ1) is 28.4. The average Bonchev–Trinajstić information content (AvgIpc) is 3.79. The van der Waals surface area contributed by atoms with Crippen LogP contribution in [-0.2, 0) is 59.3 Å². The Hall–Kier alpha value is -4.45. The van der Waals surface area contributed by atoms with Gasteiger partial charge in [-0.3, -0.25) is 24.7 Å². The summed E-state index contributed by atoms with van der Waals surface area (Å²) in [5.41, 5.74) is 6.15. The van der Waals surface area contributed by atoms with Gasteiger partial charge in [-0.15, -0.1) is 0 Å². The van der Waals surface area contributed by atoms with E-state index < -0.39 is 39.8 Å². The number of benzene rings is 2. The Balaban J connectivity index is 0.000000189. The lowest BCUT2D eigenvalue weighted by Gasteiger charge is -2.45. The van der Waals surface area contributed by atoms with Gasteiger partial charge in [0.2, 0.25) is 5.96 Å². The predicted molar refractivity (Wildman–Crippen MR) is 225 cm³/mol. The highest BCUT2D eigenvalue weighted by Crippen LogP contribution is 2.63. The van der Waals surface area contributed by atoms with Gasteiger partial charge in [-0.2, -0.15) is 0 Å². The van der Waals surface area contributed by atoms with Crippen molar-refractivity contribution in [1.29, 1.82) is 0 Å². The summed E-state index contributed by atoms with van der Waals surface area (Å²) in [6.07, 6.45) is 7.34. The molecule has 6 aliphatic rings. The van der Waals surface area contributed by atoms with Crippen LogP contribution in [-0.4, -0.2) is 106 Å². The number of nitrogens with one attached hydrogen (secondary N) is 1. The molecule has 7 N–H and O–H groups in total. The van der Waals surface area contributed by atoms with E-state index in [9.17, 15) is 34.8 Å². The lowest BCUT2D eigenvalue weighted by Crippen LogP contribution is -2.51. The molecule has 2 heterocycles. The predicted octanol–water partition coefficient (Wildman–Crippen LogP) is 3.48. The minimum absolute atomic E-state index is 0.123. The Kier molecular flexibility index (Phi) is 11.1. The number of alkyl carbamates (subject to hydrolysis) is 1. The van der Waals surface area contributed by atoms with Crippen LogP contribution in [0.5, 0.6) is 0 Å². The number of likely N-dealkylation sites (N-methyl/N-ethyl adjacent to an activating group) is 2. The Bertz CT molecular complexity index is 2150. The van der Waals surface area contributed by atoms with Crippen LogP contribution in [0.1, 0.15) is 119 Å². The molecular weight excluding hydrogens is 785 g/mol. The van der Waals surface area contributed by atoms with Crippen molar-refractivity contribution in [1.82, 2.24) is 15.1 Å². The molecule has 2 saturated carbocycles. The van der Waals surface area contributed by atoms with Gasteiger partial charge >= 0.3 is 6.09 Å². The van der Waals surface area contributed by atoms with Crippen LogP contribution in [0, 0.1) is 10.8 Å². The lowest BCUT2D eigenvalue weighted by atomic mass is 9.61. The van der Waals surface area contributed by atoms with E-state index in [0.29, 0.717) is 30.4 Å². The second-order valence-electron chi connectivity index (χ2n) is 19.3. The topological polar surface area (TPSA) is 229 Å². The molecule has 3 amide bonds. The van der Waals surface area contributed by atoms with Crippen molar-refractivity contribution in [3.05, 3.63) is 69.8 Å². The number of nitrogens with zero attached hydrogens (tertiary/aromatic N) is 4. The maximum Gasteiger partial charge on any atom is 0.414 e. The van der Waals surface area contributed by atoms with E-state index in [4.69, 9.17) is 29.9 Å². The van der Waals surface area contributed by atoms with E-state index in [1.807, 2.05) is 12.1 Å². The second kappa shape index (κ2) is 15.1. The molecule has 2 fully saturated rings. The number of hydrogen-bond acceptors (Lipinski definition) is 13. The maximum absolute atomic E-state index is 14.0. The van der Waals surface area contributed by atoms with Gasteiger partial charge in [0.15, 0.2) is 28.6 Å². The Morgan fingerprint density at radius 1 is 0.721 bits per heavy atom. The molecule has 8 rings (SSSR count). The third kappa shape index (κ3) is 7.22. The maximum atomic E-state index is 14.0. The van der Waals surface area contributed by atoms with Gasteiger partial charge in [0.25, 0.3) is 11.8 Å². The second-order valence-corrected chi connectivity index (χ2v) is 19.3. The number of methoxy groups -OCH3 is 2. The fraction of sp³-hybridized carbons (Fsp3) is 0.622. The zero-order valence-electron chi connectivity index (χ0n) is 36.8. The summed E-state index contributed by atoms with van der Waals surface area (Å²) >= 11 is 0. The highest BCUT2D eigenvalue weighted by molar-refractivity contribution is 6.12.